The number of rotatable bonds is 1. The van der Waals surface area contributed by atoms with Crippen LogP contribution in [0.25, 0.3) is 0 Å². The van der Waals surface area contributed by atoms with Crippen molar-refractivity contribution in [1.29, 1.82) is 0 Å². The van der Waals surface area contributed by atoms with Gasteiger partial charge in [0.2, 0.25) is 6.29 Å². The molecule has 0 atom stereocenters. The van der Waals surface area contributed by atoms with Gasteiger partial charge in [-0.05, 0) is 6.07 Å². The van der Waals surface area contributed by atoms with E-state index in [0.717, 1.165) is 0 Å². The van der Waals surface area contributed by atoms with Gasteiger partial charge in [-0.2, -0.15) is 0 Å². The van der Waals surface area contributed by atoms with E-state index in [4.69, 9.17) is 23.2 Å². The molecule has 1 radical (unpaired) electrons. The molecule has 0 saturated carbocycles. The summed E-state index contributed by atoms with van der Waals surface area (Å²) in [7, 11) is 0. The summed E-state index contributed by atoms with van der Waals surface area (Å²) in [5.41, 5.74) is 0.238. The van der Waals surface area contributed by atoms with E-state index in [-0.39, 0.29) is 15.7 Å². The number of carbonyl (C=O) groups excluding carboxylic acids is 1. The lowest BCUT2D eigenvalue weighted by Gasteiger charge is -1.93. The van der Waals surface area contributed by atoms with Gasteiger partial charge in [-0.15, -0.1) is 0 Å². The summed E-state index contributed by atoms with van der Waals surface area (Å²) >= 11 is 11.0. The van der Waals surface area contributed by atoms with Gasteiger partial charge in [-0.25, -0.2) is 4.98 Å². The molecule has 1 aromatic rings. The maximum absolute atomic E-state index is 10.1. The average molecular weight is 175 g/mol. The van der Waals surface area contributed by atoms with E-state index in [1.54, 1.807) is 6.29 Å². The van der Waals surface area contributed by atoms with Crippen LogP contribution in [0.1, 0.15) is 5.56 Å². The highest BCUT2D eigenvalue weighted by Gasteiger charge is 2.03. The standard InChI is InChI=1S/C6H2Cl2NO/c7-5-4(3-10)1-2-9-6(5)8/h1-2H. The van der Waals surface area contributed by atoms with Crippen LogP contribution in [0.15, 0.2) is 12.3 Å². The van der Waals surface area contributed by atoms with Crippen LogP contribution in [0.2, 0.25) is 10.2 Å². The average Bonchev–Trinajstić information content (AvgIpc) is 1.95. The molecule has 0 bridgehead atoms. The molecule has 0 saturated heterocycles. The van der Waals surface area contributed by atoms with Crippen LogP contribution in [0, 0.1) is 0 Å². The summed E-state index contributed by atoms with van der Waals surface area (Å²) in [5.74, 6) is 0. The molecular formula is C6H2Cl2NO. The third-order valence-electron chi connectivity index (χ3n) is 0.957. The Hall–Kier alpha value is -0.600. The molecule has 0 amide bonds. The molecule has 1 heterocycles. The second kappa shape index (κ2) is 2.99. The summed E-state index contributed by atoms with van der Waals surface area (Å²) in [6.45, 7) is 0. The Morgan fingerprint density at radius 3 is 2.70 bits per heavy atom. The molecule has 0 aliphatic carbocycles. The highest BCUT2D eigenvalue weighted by molar-refractivity contribution is 6.42. The first-order valence-electron chi connectivity index (χ1n) is 2.44. The second-order valence-corrected chi connectivity index (χ2v) is 2.30. The molecule has 0 aliphatic rings. The van der Waals surface area contributed by atoms with Crippen molar-refractivity contribution in [2.45, 2.75) is 0 Å². The van der Waals surface area contributed by atoms with E-state index in [1.807, 2.05) is 0 Å². The summed E-state index contributed by atoms with van der Waals surface area (Å²) in [5, 5.41) is 0.279. The number of halogens is 2. The lowest BCUT2D eigenvalue weighted by atomic mass is 10.3. The lowest BCUT2D eigenvalue weighted by Crippen LogP contribution is -1.84. The van der Waals surface area contributed by atoms with Gasteiger partial charge in [0.25, 0.3) is 0 Å². The van der Waals surface area contributed by atoms with Crippen LogP contribution >= 0.6 is 23.2 Å². The Bertz CT molecular complexity index is 262. The molecule has 0 spiro atoms. The summed E-state index contributed by atoms with van der Waals surface area (Å²) in [6.07, 6.45) is 3.03. The first-order chi connectivity index (χ1) is 4.75. The Morgan fingerprint density at radius 2 is 2.20 bits per heavy atom. The van der Waals surface area contributed by atoms with Crippen LogP contribution in [0.3, 0.4) is 0 Å². The highest BCUT2D eigenvalue weighted by atomic mass is 35.5. The van der Waals surface area contributed by atoms with Gasteiger partial charge in [-0.1, -0.05) is 23.2 Å². The largest absolute Gasteiger partial charge is 0.285 e. The van der Waals surface area contributed by atoms with Crippen molar-refractivity contribution in [3.05, 3.63) is 28.0 Å². The Labute approximate surface area is 67.8 Å². The fourth-order valence-corrected chi connectivity index (χ4v) is 0.806. The monoisotopic (exact) mass is 174 g/mol. The van der Waals surface area contributed by atoms with Crippen LogP contribution in [-0.4, -0.2) is 11.3 Å². The normalized spacial score (nSPS) is 9.40. The van der Waals surface area contributed by atoms with Crippen LogP contribution < -0.4 is 0 Å². The second-order valence-electron chi connectivity index (χ2n) is 1.57. The van der Waals surface area contributed by atoms with Gasteiger partial charge in [0.05, 0.1) is 5.02 Å². The fourth-order valence-electron chi connectivity index (χ4n) is 0.497. The lowest BCUT2D eigenvalue weighted by molar-refractivity contribution is 0.562. The van der Waals surface area contributed by atoms with E-state index < -0.39 is 0 Å². The number of hydrogen-bond donors (Lipinski definition) is 0. The maximum atomic E-state index is 10.1. The molecule has 2 nitrogen and oxygen atoms in total. The molecule has 0 aliphatic heterocycles. The minimum atomic E-state index is 0.127. The number of aromatic nitrogens is 1. The van der Waals surface area contributed by atoms with Crippen LogP contribution in [-0.2, 0) is 4.79 Å². The molecule has 1 aromatic heterocycles. The molecular weight excluding hydrogens is 173 g/mol. The topological polar surface area (TPSA) is 30.0 Å². The third kappa shape index (κ3) is 1.28. The van der Waals surface area contributed by atoms with E-state index in [2.05, 4.69) is 4.98 Å². The quantitative estimate of drug-likeness (QED) is 0.609. The Morgan fingerprint density at radius 1 is 1.50 bits per heavy atom. The Balaban J connectivity index is 3.27. The van der Waals surface area contributed by atoms with E-state index in [0.29, 0.717) is 0 Å². The van der Waals surface area contributed by atoms with Gasteiger partial charge in [0.1, 0.15) is 5.15 Å². The third-order valence-corrected chi connectivity index (χ3v) is 1.72. The molecule has 10 heavy (non-hydrogen) atoms. The summed E-state index contributed by atoms with van der Waals surface area (Å²) in [4.78, 5) is 13.7. The van der Waals surface area contributed by atoms with E-state index in [9.17, 15) is 4.79 Å². The molecule has 51 valence electrons. The number of nitrogens with zero attached hydrogens (tertiary/aromatic N) is 1. The summed E-state index contributed by atoms with van der Waals surface area (Å²) in [6, 6.07) is 1.45. The summed E-state index contributed by atoms with van der Waals surface area (Å²) < 4.78 is 0. The zero-order valence-electron chi connectivity index (χ0n) is 4.77. The smallest absolute Gasteiger partial charge is 0.235 e. The van der Waals surface area contributed by atoms with Crippen molar-refractivity contribution < 1.29 is 4.79 Å². The number of hydrogen-bond acceptors (Lipinski definition) is 2. The molecule has 0 unspecified atom stereocenters. The minimum absolute atomic E-state index is 0.127. The molecule has 0 N–H and O–H groups in total. The van der Waals surface area contributed by atoms with Crippen LogP contribution in [0.5, 0.6) is 0 Å². The van der Waals surface area contributed by atoms with Gasteiger partial charge in [0, 0.05) is 11.8 Å². The molecule has 4 heteroatoms. The van der Waals surface area contributed by atoms with Gasteiger partial charge in [0.15, 0.2) is 0 Å². The zero-order valence-corrected chi connectivity index (χ0v) is 6.28. The van der Waals surface area contributed by atoms with Gasteiger partial charge < -0.3 is 0 Å². The van der Waals surface area contributed by atoms with Crippen molar-refractivity contribution in [1.82, 2.24) is 4.98 Å². The van der Waals surface area contributed by atoms with Crippen molar-refractivity contribution >= 4 is 29.5 Å². The first-order valence-corrected chi connectivity index (χ1v) is 3.19. The first kappa shape index (κ1) is 7.51. The van der Waals surface area contributed by atoms with Crippen LogP contribution in [0.4, 0.5) is 0 Å². The van der Waals surface area contributed by atoms with Crippen molar-refractivity contribution in [2.24, 2.45) is 0 Å². The zero-order chi connectivity index (χ0) is 7.56. The van der Waals surface area contributed by atoms with Crippen molar-refractivity contribution in [3.8, 4) is 0 Å². The SMILES string of the molecule is O=[C]c1ccnc(Cl)c1Cl. The molecule has 1 rings (SSSR count). The molecule has 0 fully saturated rings. The maximum Gasteiger partial charge on any atom is 0.235 e. The van der Waals surface area contributed by atoms with Crippen molar-refractivity contribution in [2.75, 3.05) is 0 Å². The van der Waals surface area contributed by atoms with E-state index in [1.165, 1.54) is 12.3 Å². The highest BCUT2D eigenvalue weighted by Crippen LogP contribution is 2.21. The van der Waals surface area contributed by atoms with Gasteiger partial charge in [-0.3, -0.25) is 4.79 Å². The molecule has 0 aromatic carbocycles. The predicted molar refractivity (Wildman–Crippen MR) is 39.1 cm³/mol. The van der Waals surface area contributed by atoms with Gasteiger partial charge >= 0.3 is 0 Å². The fraction of sp³-hybridized carbons (Fsp3) is 0. The Kier molecular flexibility index (Phi) is 2.25. The van der Waals surface area contributed by atoms with E-state index >= 15 is 0 Å². The minimum Gasteiger partial charge on any atom is -0.285 e. The predicted octanol–water partition coefficient (Wildman–Crippen LogP) is 1.85. The van der Waals surface area contributed by atoms with Crippen molar-refractivity contribution in [3.63, 3.8) is 0 Å². The number of pyridine rings is 1.